The molecule has 1 aromatic carbocycles. The van der Waals surface area contributed by atoms with Crippen molar-refractivity contribution in [1.82, 2.24) is 5.32 Å². The van der Waals surface area contributed by atoms with Crippen LogP contribution in [0.3, 0.4) is 0 Å². The van der Waals surface area contributed by atoms with Crippen LogP contribution in [0.1, 0.15) is 13.8 Å². The molecule has 2 amide bonds. The van der Waals surface area contributed by atoms with Crippen LogP contribution in [-0.2, 0) is 9.59 Å². The molecule has 0 spiro atoms. The number of nitrogens with zero attached hydrogens (tertiary/aromatic N) is 1. The van der Waals surface area contributed by atoms with E-state index in [4.69, 9.17) is 9.47 Å². The summed E-state index contributed by atoms with van der Waals surface area (Å²) in [6.07, 6.45) is 0. The number of carbonyl (C=O) groups is 2. The van der Waals surface area contributed by atoms with E-state index in [1.165, 1.54) is 21.0 Å². The first-order chi connectivity index (χ1) is 9.49. The SMILES string of the molecule is COc1ccc(N(CCNC(C)=O)C(C)=O)cc1OC. The Bertz CT molecular complexity index is 488. The van der Waals surface area contributed by atoms with Gasteiger partial charge in [-0.15, -0.1) is 0 Å². The van der Waals surface area contributed by atoms with Gasteiger partial charge in [-0.2, -0.15) is 0 Å². The number of hydrogen-bond acceptors (Lipinski definition) is 4. The second-order valence-electron chi connectivity index (χ2n) is 4.19. The minimum absolute atomic E-state index is 0.109. The van der Waals surface area contributed by atoms with Gasteiger partial charge in [-0.05, 0) is 12.1 Å². The van der Waals surface area contributed by atoms with Gasteiger partial charge in [0.2, 0.25) is 11.8 Å². The smallest absolute Gasteiger partial charge is 0.223 e. The second-order valence-corrected chi connectivity index (χ2v) is 4.19. The van der Waals surface area contributed by atoms with E-state index in [1.54, 1.807) is 30.2 Å². The molecule has 6 heteroatoms. The van der Waals surface area contributed by atoms with E-state index >= 15 is 0 Å². The standard InChI is InChI=1S/C14H20N2O4/c1-10(17)15-7-8-16(11(2)18)12-5-6-13(19-3)14(9-12)20-4/h5-6,9H,7-8H2,1-4H3,(H,15,17). The first-order valence-corrected chi connectivity index (χ1v) is 6.24. The van der Waals surface area contributed by atoms with Crippen molar-refractivity contribution in [3.8, 4) is 11.5 Å². The van der Waals surface area contributed by atoms with E-state index in [0.29, 0.717) is 30.3 Å². The highest BCUT2D eigenvalue weighted by molar-refractivity contribution is 5.92. The van der Waals surface area contributed by atoms with Crippen LogP contribution in [0.5, 0.6) is 11.5 Å². The molecular formula is C14H20N2O4. The molecule has 20 heavy (non-hydrogen) atoms. The Labute approximate surface area is 118 Å². The minimum atomic E-state index is -0.124. The third kappa shape index (κ3) is 4.15. The zero-order chi connectivity index (χ0) is 15.1. The third-order valence-electron chi connectivity index (χ3n) is 2.77. The molecule has 0 aliphatic heterocycles. The number of benzene rings is 1. The lowest BCUT2D eigenvalue weighted by Gasteiger charge is -2.22. The summed E-state index contributed by atoms with van der Waals surface area (Å²) >= 11 is 0. The number of carbonyl (C=O) groups excluding carboxylic acids is 2. The van der Waals surface area contributed by atoms with E-state index in [2.05, 4.69) is 5.32 Å². The number of rotatable bonds is 6. The van der Waals surface area contributed by atoms with Gasteiger partial charge in [-0.1, -0.05) is 0 Å². The fourth-order valence-corrected chi connectivity index (χ4v) is 1.80. The van der Waals surface area contributed by atoms with Gasteiger partial charge in [0.15, 0.2) is 11.5 Å². The normalized spacial score (nSPS) is 9.80. The summed E-state index contributed by atoms with van der Waals surface area (Å²) in [5.41, 5.74) is 0.695. The van der Waals surface area contributed by atoms with E-state index < -0.39 is 0 Å². The molecule has 0 aliphatic rings. The van der Waals surface area contributed by atoms with Crippen LogP contribution in [0.4, 0.5) is 5.69 Å². The number of amides is 2. The highest BCUT2D eigenvalue weighted by Gasteiger charge is 2.14. The molecule has 0 radical (unpaired) electrons. The quantitative estimate of drug-likeness (QED) is 0.850. The number of hydrogen-bond donors (Lipinski definition) is 1. The van der Waals surface area contributed by atoms with E-state index in [9.17, 15) is 9.59 Å². The molecule has 0 heterocycles. The summed E-state index contributed by atoms with van der Waals surface area (Å²) in [6.45, 7) is 3.70. The maximum absolute atomic E-state index is 11.7. The van der Waals surface area contributed by atoms with Gasteiger partial charge in [0.05, 0.1) is 14.2 Å². The van der Waals surface area contributed by atoms with Crippen molar-refractivity contribution in [3.05, 3.63) is 18.2 Å². The van der Waals surface area contributed by atoms with Gasteiger partial charge >= 0.3 is 0 Å². The van der Waals surface area contributed by atoms with Crippen LogP contribution < -0.4 is 19.7 Å². The Morgan fingerprint density at radius 1 is 1.15 bits per heavy atom. The zero-order valence-electron chi connectivity index (χ0n) is 12.2. The van der Waals surface area contributed by atoms with E-state index in [1.807, 2.05) is 0 Å². The molecule has 0 saturated carbocycles. The molecular weight excluding hydrogens is 260 g/mol. The van der Waals surface area contributed by atoms with E-state index in [-0.39, 0.29) is 11.8 Å². The summed E-state index contributed by atoms with van der Waals surface area (Å²) in [5.74, 6) is 0.917. The van der Waals surface area contributed by atoms with Crippen LogP contribution in [0.15, 0.2) is 18.2 Å². The predicted octanol–water partition coefficient (Wildman–Crippen LogP) is 1.19. The molecule has 0 aromatic heterocycles. The summed E-state index contributed by atoms with van der Waals surface area (Å²) in [4.78, 5) is 24.1. The van der Waals surface area contributed by atoms with Crippen molar-refractivity contribution in [3.63, 3.8) is 0 Å². The molecule has 1 N–H and O–H groups in total. The van der Waals surface area contributed by atoms with Crippen LogP contribution in [-0.4, -0.2) is 39.1 Å². The Hall–Kier alpha value is -2.24. The first-order valence-electron chi connectivity index (χ1n) is 6.24. The zero-order valence-corrected chi connectivity index (χ0v) is 12.2. The maximum Gasteiger partial charge on any atom is 0.223 e. The van der Waals surface area contributed by atoms with Crippen molar-refractivity contribution in [2.24, 2.45) is 0 Å². The molecule has 0 unspecified atom stereocenters. The van der Waals surface area contributed by atoms with Crippen molar-refractivity contribution in [2.45, 2.75) is 13.8 Å². The lowest BCUT2D eigenvalue weighted by atomic mass is 10.2. The summed E-state index contributed by atoms with van der Waals surface area (Å²) in [7, 11) is 3.09. The Kier molecular flexibility index (Phi) is 5.83. The number of ether oxygens (including phenoxy) is 2. The van der Waals surface area contributed by atoms with Crippen LogP contribution in [0, 0.1) is 0 Å². The second kappa shape index (κ2) is 7.37. The van der Waals surface area contributed by atoms with Crippen LogP contribution >= 0.6 is 0 Å². The summed E-state index contributed by atoms with van der Waals surface area (Å²) in [5, 5.41) is 2.66. The highest BCUT2D eigenvalue weighted by Crippen LogP contribution is 2.31. The molecule has 0 bridgehead atoms. The van der Waals surface area contributed by atoms with Crippen molar-refractivity contribution in [2.75, 3.05) is 32.2 Å². The lowest BCUT2D eigenvalue weighted by Crippen LogP contribution is -2.36. The lowest BCUT2D eigenvalue weighted by molar-refractivity contribution is -0.119. The summed E-state index contributed by atoms with van der Waals surface area (Å²) < 4.78 is 10.4. The Morgan fingerprint density at radius 3 is 2.30 bits per heavy atom. The van der Waals surface area contributed by atoms with Crippen LogP contribution in [0.25, 0.3) is 0 Å². The molecule has 1 rings (SSSR count). The number of nitrogens with one attached hydrogen (secondary N) is 1. The van der Waals surface area contributed by atoms with Crippen molar-refractivity contribution in [1.29, 1.82) is 0 Å². The van der Waals surface area contributed by atoms with Gasteiger partial charge in [0, 0.05) is 38.7 Å². The van der Waals surface area contributed by atoms with Gasteiger partial charge in [0.1, 0.15) is 0 Å². The average molecular weight is 280 g/mol. The molecule has 6 nitrogen and oxygen atoms in total. The molecule has 110 valence electrons. The topological polar surface area (TPSA) is 67.9 Å². The van der Waals surface area contributed by atoms with Gasteiger partial charge in [-0.3, -0.25) is 9.59 Å². The maximum atomic E-state index is 11.7. The third-order valence-corrected chi connectivity index (χ3v) is 2.77. The van der Waals surface area contributed by atoms with Gasteiger partial charge in [0.25, 0.3) is 0 Å². The van der Waals surface area contributed by atoms with Gasteiger partial charge < -0.3 is 19.7 Å². The Balaban J connectivity index is 2.91. The highest BCUT2D eigenvalue weighted by atomic mass is 16.5. The minimum Gasteiger partial charge on any atom is -0.493 e. The van der Waals surface area contributed by atoms with Crippen LogP contribution in [0.2, 0.25) is 0 Å². The number of anilines is 1. The largest absolute Gasteiger partial charge is 0.493 e. The first kappa shape index (κ1) is 15.8. The Morgan fingerprint density at radius 2 is 1.80 bits per heavy atom. The fraction of sp³-hybridized carbons (Fsp3) is 0.429. The fourth-order valence-electron chi connectivity index (χ4n) is 1.80. The van der Waals surface area contributed by atoms with Crippen molar-refractivity contribution < 1.29 is 19.1 Å². The monoisotopic (exact) mass is 280 g/mol. The molecule has 1 aromatic rings. The van der Waals surface area contributed by atoms with E-state index in [0.717, 1.165) is 0 Å². The molecule has 0 atom stereocenters. The molecule has 0 saturated heterocycles. The molecule has 0 fully saturated rings. The predicted molar refractivity (Wildman–Crippen MR) is 76.3 cm³/mol. The van der Waals surface area contributed by atoms with Crippen molar-refractivity contribution >= 4 is 17.5 Å². The molecule has 0 aliphatic carbocycles. The summed E-state index contributed by atoms with van der Waals surface area (Å²) in [6, 6.07) is 5.24. The van der Waals surface area contributed by atoms with Gasteiger partial charge in [-0.25, -0.2) is 0 Å². The number of methoxy groups -OCH3 is 2. The average Bonchev–Trinajstić information content (AvgIpc) is 2.42.